The molecule has 5 saturated carbocycles. The molecular formula is C36H57NO3. The number of hydrogen-bond acceptors (Lipinski definition) is 3. The van der Waals surface area contributed by atoms with Crippen molar-refractivity contribution in [1.82, 2.24) is 0 Å². The van der Waals surface area contributed by atoms with Crippen molar-refractivity contribution in [2.75, 3.05) is 13.2 Å². The van der Waals surface area contributed by atoms with Gasteiger partial charge >= 0.3 is 0 Å². The standard InChI is InChI=1S/C36H57NO3/c1-23(2)24-14-17-36(22-40-29-11-9-10-20-39-29)19-18-34(6)25(30(24)36)12-13-28-33(5)21-26(37-8)31(38)32(3,4)27(33)15-16-35(28,34)7/h23-30H,9-22H2,1-7H3/t24-,25+,26?,27-,28+,29?,30+,33-,34+,35+,36+/m0/s1. The van der Waals surface area contributed by atoms with Crippen LogP contribution in [0.1, 0.15) is 126 Å². The number of fused-ring (bicyclic) bond motifs is 7. The van der Waals surface area contributed by atoms with Gasteiger partial charge in [-0.05, 0) is 128 Å². The average molecular weight is 552 g/mol. The molecule has 0 aromatic carbocycles. The van der Waals surface area contributed by atoms with E-state index in [1.807, 2.05) is 0 Å². The average Bonchev–Trinajstić information content (AvgIpc) is 3.31. The number of carbonyl (C=O) groups is 1. The molecule has 0 amide bonds. The Hall–Kier alpha value is -0.920. The lowest BCUT2D eigenvalue weighted by atomic mass is 9.32. The van der Waals surface area contributed by atoms with Crippen LogP contribution in [0.25, 0.3) is 4.85 Å². The van der Waals surface area contributed by atoms with E-state index in [1.54, 1.807) is 0 Å². The summed E-state index contributed by atoms with van der Waals surface area (Å²) in [7, 11) is 0. The van der Waals surface area contributed by atoms with Gasteiger partial charge in [0.05, 0.1) is 6.61 Å². The van der Waals surface area contributed by atoms with E-state index in [2.05, 4.69) is 53.3 Å². The molecule has 4 nitrogen and oxygen atoms in total. The Morgan fingerprint density at radius 2 is 1.70 bits per heavy atom. The molecule has 1 heterocycles. The van der Waals surface area contributed by atoms with Crippen molar-refractivity contribution < 1.29 is 14.3 Å². The normalized spacial score (nSPS) is 51.8. The molecule has 0 radical (unpaired) electrons. The second-order valence-corrected chi connectivity index (χ2v) is 17.0. The summed E-state index contributed by atoms with van der Waals surface area (Å²) in [5.74, 6) is 4.17. The van der Waals surface area contributed by atoms with E-state index in [-0.39, 0.29) is 22.9 Å². The summed E-state index contributed by atoms with van der Waals surface area (Å²) in [6.45, 7) is 26.8. The van der Waals surface area contributed by atoms with Gasteiger partial charge in [0.25, 0.3) is 6.04 Å². The Morgan fingerprint density at radius 3 is 2.38 bits per heavy atom. The maximum absolute atomic E-state index is 13.4. The third-order valence-corrected chi connectivity index (χ3v) is 15.1. The highest BCUT2D eigenvalue weighted by atomic mass is 16.7. The van der Waals surface area contributed by atoms with Crippen LogP contribution in [0.4, 0.5) is 0 Å². The summed E-state index contributed by atoms with van der Waals surface area (Å²) in [6, 6.07) is -0.456. The Balaban J connectivity index is 1.33. The molecule has 1 saturated heterocycles. The highest BCUT2D eigenvalue weighted by molar-refractivity contribution is 5.92. The van der Waals surface area contributed by atoms with Crippen LogP contribution in [0.3, 0.4) is 0 Å². The van der Waals surface area contributed by atoms with Gasteiger partial charge in [-0.15, -0.1) is 0 Å². The lowest BCUT2D eigenvalue weighted by Gasteiger charge is -2.72. The van der Waals surface area contributed by atoms with Crippen LogP contribution in [-0.4, -0.2) is 31.3 Å². The fraction of sp³-hybridized carbons (Fsp3) is 0.944. The molecule has 6 aliphatic rings. The zero-order valence-electron chi connectivity index (χ0n) is 26.7. The molecule has 4 heteroatoms. The fourth-order valence-electron chi connectivity index (χ4n) is 12.9. The van der Waals surface area contributed by atoms with Gasteiger partial charge in [-0.1, -0.05) is 48.5 Å². The molecule has 11 atom stereocenters. The second kappa shape index (κ2) is 9.80. The van der Waals surface area contributed by atoms with Crippen LogP contribution in [0.5, 0.6) is 0 Å². The van der Waals surface area contributed by atoms with Gasteiger partial charge in [0.15, 0.2) is 6.29 Å². The molecule has 40 heavy (non-hydrogen) atoms. The van der Waals surface area contributed by atoms with E-state index in [0.717, 1.165) is 50.2 Å². The highest BCUT2D eigenvalue weighted by Gasteiger charge is 2.72. The van der Waals surface area contributed by atoms with E-state index in [4.69, 9.17) is 16.0 Å². The van der Waals surface area contributed by atoms with Crippen LogP contribution < -0.4 is 0 Å². The first-order valence-electron chi connectivity index (χ1n) is 17.0. The van der Waals surface area contributed by atoms with Gasteiger partial charge in [-0.3, -0.25) is 4.79 Å². The molecular weight excluding hydrogens is 494 g/mol. The van der Waals surface area contributed by atoms with Crippen LogP contribution >= 0.6 is 0 Å². The number of ether oxygens (including phenoxy) is 2. The number of carbonyl (C=O) groups excluding carboxylic acids is 1. The largest absolute Gasteiger partial charge is 0.353 e. The number of nitrogens with zero attached hydrogens (tertiary/aromatic N) is 1. The molecule has 6 fully saturated rings. The Kier molecular flexibility index (Phi) is 7.15. The molecule has 2 unspecified atom stereocenters. The number of ketones is 1. The number of Topliss-reactive ketones (excluding diaryl/α,β-unsaturated/α-hetero) is 1. The summed E-state index contributed by atoms with van der Waals surface area (Å²) in [5, 5.41) is 0. The molecule has 6 rings (SSSR count). The monoisotopic (exact) mass is 551 g/mol. The van der Waals surface area contributed by atoms with Crippen LogP contribution in [-0.2, 0) is 14.3 Å². The summed E-state index contributed by atoms with van der Waals surface area (Å²) in [4.78, 5) is 17.3. The first kappa shape index (κ1) is 29.2. The van der Waals surface area contributed by atoms with E-state index in [1.165, 1.54) is 57.8 Å². The van der Waals surface area contributed by atoms with Crippen LogP contribution in [0, 0.1) is 69.2 Å². The fourth-order valence-corrected chi connectivity index (χ4v) is 12.9. The molecule has 0 spiro atoms. The maximum Gasteiger partial charge on any atom is 0.281 e. The van der Waals surface area contributed by atoms with E-state index in [9.17, 15) is 4.79 Å². The van der Waals surface area contributed by atoms with Crippen molar-refractivity contribution in [3.63, 3.8) is 0 Å². The molecule has 0 N–H and O–H groups in total. The van der Waals surface area contributed by atoms with Crippen molar-refractivity contribution in [2.45, 2.75) is 138 Å². The minimum atomic E-state index is -0.456. The lowest BCUT2D eigenvalue weighted by Crippen LogP contribution is -2.67. The first-order valence-corrected chi connectivity index (χ1v) is 17.0. The highest BCUT2D eigenvalue weighted by Crippen LogP contribution is 2.77. The third-order valence-electron chi connectivity index (χ3n) is 15.1. The van der Waals surface area contributed by atoms with E-state index < -0.39 is 11.5 Å². The van der Waals surface area contributed by atoms with Crippen molar-refractivity contribution in [3.8, 4) is 0 Å². The summed E-state index contributed by atoms with van der Waals surface area (Å²) in [5.41, 5.74) is 0.537. The van der Waals surface area contributed by atoms with E-state index >= 15 is 0 Å². The third kappa shape index (κ3) is 3.91. The van der Waals surface area contributed by atoms with Gasteiger partial charge in [-0.25, -0.2) is 6.57 Å². The zero-order valence-corrected chi connectivity index (χ0v) is 26.7. The Morgan fingerprint density at radius 1 is 0.925 bits per heavy atom. The second-order valence-electron chi connectivity index (χ2n) is 17.0. The van der Waals surface area contributed by atoms with Crippen LogP contribution in [0.2, 0.25) is 0 Å². The molecule has 0 bridgehead atoms. The topological polar surface area (TPSA) is 39.9 Å². The van der Waals surface area contributed by atoms with Gasteiger partial charge in [-0.2, -0.15) is 0 Å². The summed E-state index contributed by atoms with van der Waals surface area (Å²) in [6.07, 6.45) is 14.5. The van der Waals surface area contributed by atoms with Crippen molar-refractivity contribution in [1.29, 1.82) is 0 Å². The predicted molar refractivity (Wildman–Crippen MR) is 159 cm³/mol. The molecule has 1 aliphatic heterocycles. The number of rotatable bonds is 4. The van der Waals surface area contributed by atoms with Gasteiger partial charge in [0.1, 0.15) is 0 Å². The summed E-state index contributed by atoms with van der Waals surface area (Å²) < 4.78 is 12.7. The summed E-state index contributed by atoms with van der Waals surface area (Å²) >= 11 is 0. The lowest BCUT2D eigenvalue weighted by molar-refractivity contribution is -0.248. The minimum Gasteiger partial charge on any atom is -0.353 e. The quantitative estimate of drug-likeness (QED) is 0.328. The SMILES string of the molecule is [C-]#[N+]C1C[C@]2(C)[C@H]3CC[C@@H]4[C@H]5[C@H](C(C)C)CC[C@]5(COC5CCCCO5)CC[C@@]4(C)[C@]3(C)CC[C@H]2C(C)(C)C1=O. The number of hydrogen-bond donors (Lipinski definition) is 0. The molecule has 0 aromatic rings. The molecule has 0 aromatic heterocycles. The maximum atomic E-state index is 13.4. The van der Waals surface area contributed by atoms with Gasteiger partial charge in [0.2, 0.25) is 5.78 Å². The predicted octanol–water partition coefficient (Wildman–Crippen LogP) is 8.73. The Labute approximate surface area is 244 Å². The van der Waals surface area contributed by atoms with Crippen molar-refractivity contribution in [3.05, 3.63) is 11.4 Å². The Bertz CT molecular complexity index is 1040. The van der Waals surface area contributed by atoms with Gasteiger partial charge < -0.3 is 14.3 Å². The zero-order chi connectivity index (χ0) is 28.7. The van der Waals surface area contributed by atoms with Crippen LogP contribution in [0.15, 0.2) is 0 Å². The van der Waals surface area contributed by atoms with Gasteiger partial charge in [0, 0.05) is 18.4 Å². The van der Waals surface area contributed by atoms with Crippen molar-refractivity contribution >= 4 is 5.78 Å². The molecule has 224 valence electrons. The molecule has 5 aliphatic carbocycles. The smallest absolute Gasteiger partial charge is 0.281 e. The first-order chi connectivity index (χ1) is 18.8. The van der Waals surface area contributed by atoms with Crippen molar-refractivity contribution in [2.24, 2.45) is 62.6 Å². The van der Waals surface area contributed by atoms with E-state index in [0.29, 0.717) is 28.6 Å². The minimum absolute atomic E-state index is 0.00595.